The molecule has 11 heteroatoms. The van der Waals surface area contributed by atoms with Crippen LogP contribution in [0.2, 0.25) is 0 Å². The Hall–Kier alpha value is -3.21. The van der Waals surface area contributed by atoms with Crippen molar-refractivity contribution < 1.29 is 23.1 Å². The number of benzene rings is 1. The predicted molar refractivity (Wildman–Crippen MR) is 146 cm³/mol. The molecule has 0 unspecified atom stereocenters. The zero-order chi connectivity index (χ0) is 28.3. The maximum atomic E-state index is 13.2. The van der Waals surface area contributed by atoms with E-state index in [1.165, 1.54) is 63.5 Å². The number of halogens is 3. The molecule has 2 aliphatic rings. The molecule has 3 aromatic rings. The largest absolute Gasteiger partial charge is 0.475 e. The van der Waals surface area contributed by atoms with E-state index in [4.69, 9.17) is 4.98 Å². The van der Waals surface area contributed by atoms with E-state index >= 15 is 0 Å². The van der Waals surface area contributed by atoms with E-state index in [0.717, 1.165) is 25.1 Å². The van der Waals surface area contributed by atoms with Gasteiger partial charge in [0.15, 0.2) is 11.5 Å². The fourth-order valence-corrected chi connectivity index (χ4v) is 5.80. The number of carboxylic acid groups (broad SMARTS) is 1. The maximum Gasteiger partial charge on any atom is 0.416 e. The van der Waals surface area contributed by atoms with Gasteiger partial charge in [-0.2, -0.15) is 13.2 Å². The molecule has 0 radical (unpaired) electrons. The quantitative estimate of drug-likeness (QED) is 0.298. The molecule has 2 fully saturated rings. The summed E-state index contributed by atoms with van der Waals surface area (Å²) in [7, 11) is 2.12. The number of carbonyl (C=O) groups is 1. The SMILES string of the molecule is CN(CCc1nc2nc(C(=O)O)nc(NCCC3CCC3)c2n1Cc1ccc(C(F)(F)F)cc1)C1CCCCC1. The molecule has 2 heterocycles. The molecular weight excluding hydrogens is 521 g/mol. The van der Waals surface area contributed by atoms with Crippen LogP contribution in [0.5, 0.6) is 0 Å². The van der Waals surface area contributed by atoms with Gasteiger partial charge in [-0.15, -0.1) is 0 Å². The molecule has 0 bridgehead atoms. The molecule has 0 atom stereocenters. The van der Waals surface area contributed by atoms with Crippen molar-refractivity contribution in [2.45, 2.75) is 83.0 Å². The van der Waals surface area contributed by atoms with Crippen LogP contribution in [0.15, 0.2) is 24.3 Å². The standard InChI is InChI=1S/C29H37F3N6O2/c1-37(22-8-3-2-4-9-22)17-15-23-34-26-24(38(23)18-20-10-12-21(13-11-20)29(30,31)32)25(35-27(36-26)28(39)40)33-16-14-19-6-5-7-19/h10-13,19,22H,2-9,14-18H2,1H3,(H,39,40)(H,33,35,36). The molecule has 1 aromatic carbocycles. The summed E-state index contributed by atoms with van der Waals surface area (Å²) < 4.78 is 41.4. The first kappa shape index (κ1) is 28.3. The summed E-state index contributed by atoms with van der Waals surface area (Å²) in [4.78, 5) is 27.5. The Balaban J connectivity index is 1.48. The highest BCUT2D eigenvalue weighted by molar-refractivity contribution is 5.90. The van der Waals surface area contributed by atoms with E-state index in [0.29, 0.717) is 47.6 Å². The van der Waals surface area contributed by atoms with Crippen LogP contribution in [0.4, 0.5) is 19.0 Å². The predicted octanol–water partition coefficient (Wildman–Crippen LogP) is 6.00. The Bertz CT molecular complexity index is 1310. The maximum absolute atomic E-state index is 13.2. The lowest BCUT2D eigenvalue weighted by Gasteiger charge is -2.31. The number of aromatic carboxylic acids is 1. The third-order valence-corrected chi connectivity index (χ3v) is 8.45. The van der Waals surface area contributed by atoms with Crippen molar-refractivity contribution in [1.82, 2.24) is 24.4 Å². The van der Waals surface area contributed by atoms with E-state index < -0.39 is 17.7 Å². The molecule has 40 heavy (non-hydrogen) atoms. The molecule has 2 aliphatic carbocycles. The molecule has 2 aromatic heterocycles. The van der Waals surface area contributed by atoms with Gasteiger partial charge in [-0.3, -0.25) is 0 Å². The molecule has 5 rings (SSSR count). The third kappa shape index (κ3) is 6.56. The second-order valence-electron chi connectivity index (χ2n) is 11.2. The van der Waals surface area contributed by atoms with Crippen LogP contribution < -0.4 is 5.32 Å². The number of aromatic nitrogens is 4. The monoisotopic (exact) mass is 558 g/mol. The van der Waals surface area contributed by atoms with E-state index in [2.05, 4.69) is 27.2 Å². The van der Waals surface area contributed by atoms with Crippen molar-refractivity contribution in [3.05, 3.63) is 47.0 Å². The van der Waals surface area contributed by atoms with Crippen molar-refractivity contribution in [3.63, 3.8) is 0 Å². The first-order valence-electron chi connectivity index (χ1n) is 14.3. The summed E-state index contributed by atoms with van der Waals surface area (Å²) in [5.74, 6) is 0.194. The molecular formula is C29H37F3N6O2. The number of nitrogens with zero attached hydrogens (tertiary/aromatic N) is 5. The van der Waals surface area contributed by atoms with Crippen LogP contribution in [0, 0.1) is 5.92 Å². The lowest BCUT2D eigenvalue weighted by molar-refractivity contribution is -0.137. The Morgan fingerprint density at radius 2 is 1.77 bits per heavy atom. The van der Waals surface area contributed by atoms with Crippen molar-refractivity contribution >= 4 is 23.0 Å². The van der Waals surface area contributed by atoms with Crippen LogP contribution in [-0.2, 0) is 19.1 Å². The highest BCUT2D eigenvalue weighted by atomic mass is 19.4. The average Bonchev–Trinajstić information content (AvgIpc) is 3.26. The van der Waals surface area contributed by atoms with Gasteiger partial charge >= 0.3 is 12.1 Å². The van der Waals surface area contributed by atoms with Gasteiger partial charge in [0.25, 0.3) is 0 Å². The molecule has 2 saturated carbocycles. The molecule has 0 amide bonds. The van der Waals surface area contributed by atoms with Gasteiger partial charge < -0.3 is 19.9 Å². The Morgan fingerprint density at radius 3 is 2.40 bits per heavy atom. The van der Waals surface area contributed by atoms with Crippen LogP contribution in [0.25, 0.3) is 11.2 Å². The van der Waals surface area contributed by atoms with Gasteiger partial charge in [0, 0.05) is 32.1 Å². The fourth-order valence-electron chi connectivity index (χ4n) is 5.80. The van der Waals surface area contributed by atoms with Crippen LogP contribution in [0.1, 0.15) is 85.4 Å². The third-order valence-electron chi connectivity index (χ3n) is 8.45. The molecule has 0 aliphatic heterocycles. The molecule has 0 spiro atoms. The van der Waals surface area contributed by atoms with E-state index in [-0.39, 0.29) is 18.0 Å². The van der Waals surface area contributed by atoms with Crippen LogP contribution in [0.3, 0.4) is 0 Å². The number of hydrogen-bond acceptors (Lipinski definition) is 6. The van der Waals surface area contributed by atoms with Crippen molar-refractivity contribution in [2.75, 3.05) is 25.5 Å². The zero-order valence-corrected chi connectivity index (χ0v) is 22.9. The topological polar surface area (TPSA) is 96.2 Å². The molecule has 0 saturated heterocycles. The minimum atomic E-state index is -4.41. The summed E-state index contributed by atoms with van der Waals surface area (Å²) in [5.41, 5.74) is 0.834. The smallest absolute Gasteiger partial charge is 0.416 e. The normalized spacial score (nSPS) is 16.9. The minimum absolute atomic E-state index is 0.268. The Morgan fingerprint density at radius 1 is 1.05 bits per heavy atom. The summed E-state index contributed by atoms with van der Waals surface area (Å²) in [5, 5.41) is 13.0. The first-order chi connectivity index (χ1) is 19.2. The lowest BCUT2D eigenvalue weighted by atomic mass is 9.83. The van der Waals surface area contributed by atoms with Gasteiger partial charge in [-0.05, 0) is 49.9 Å². The number of imidazole rings is 1. The number of hydrogen-bond donors (Lipinski definition) is 2. The summed E-state index contributed by atoms with van der Waals surface area (Å²) in [6.07, 6.45) is 6.84. The second-order valence-corrected chi connectivity index (χ2v) is 11.2. The first-order valence-corrected chi connectivity index (χ1v) is 14.3. The van der Waals surface area contributed by atoms with Crippen molar-refractivity contribution in [3.8, 4) is 0 Å². The zero-order valence-electron chi connectivity index (χ0n) is 22.9. The van der Waals surface area contributed by atoms with Crippen molar-refractivity contribution in [1.29, 1.82) is 0 Å². The van der Waals surface area contributed by atoms with Gasteiger partial charge in [-0.1, -0.05) is 50.7 Å². The number of anilines is 1. The number of alkyl halides is 3. The van der Waals surface area contributed by atoms with Gasteiger partial charge in [0.1, 0.15) is 11.3 Å². The summed E-state index contributed by atoms with van der Waals surface area (Å²) >= 11 is 0. The molecule has 2 N–H and O–H groups in total. The summed E-state index contributed by atoms with van der Waals surface area (Å²) in [6, 6.07) is 5.64. The van der Waals surface area contributed by atoms with Gasteiger partial charge in [-0.25, -0.2) is 19.7 Å². The second kappa shape index (κ2) is 12.1. The number of fused-ring (bicyclic) bond motifs is 1. The summed E-state index contributed by atoms with van der Waals surface area (Å²) in [6.45, 7) is 1.66. The molecule has 216 valence electrons. The minimum Gasteiger partial charge on any atom is -0.475 e. The van der Waals surface area contributed by atoms with Gasteiger partial charge in [0.05, 0.1) is 5.56 Å². The molecule has 8 nitrogen and oxygen atoms in total. The fraction of sp³-hybridized carbons (Fsp3) is 0.586. The van der Waals surface area contributed by atoms with Gasteiger partial charge in [0.2, 0.25) is 5.82 Å². The Labute approximate surface area is 232 Å². The number of nitrogens with one attached hydrogen (secondary N) is 1. The average molecular weight is 559 g/mol. The number of carboxylic acids is 1. The van der Waals surface area contributed by atoms with E-state index in [1.807, 2.05) is 4.57 Å². The van der Waals surface area contributed by atoms with Crippen LogP contribution >= 0.6 is 0 Å². The van der Waals surface area contributed by atoms with E-state index in [1.54, 1.807) is 0 Å². The van der Waals surface area contributed by atoms with Crippen LogP contribution in [-0.4, -0.2) is 61.7 Å². The number of rotatable bonds is 11. The highest BCUT2D eigenvalue weighted by Crippen LogP contribution is 2.31. The highest BCUT2D eigenvalue weighted by Gasteiger charge is 2.30. The lowest BCUT2D eigenvalue weighted by Crippen LogP contribution is -2.35. The Kier molecular flexibility index (Phi) is 8.58. The number of likely N-dealkylation sites (N-methyl/N-ethyl adjacent to an activating group) is 1. The van der Waals surface area contributed by atoms with E-state index in [9.17, 15) is 23.1 Å². The van der Waals surface area contributed by atoms with Crippen molar-refractivity contribution in [2.24, 2.45) is 5.92 Å².